The van der Waals surface area contributed by atoms with Gasteiger partial charge in [0.1, 0.15) is 122 Å². The lowest BCUT2D eigenvalue weighted by molar-refractivity contribution is -0.401. The smallest absolute Gasteiger partial charge is 0.187 e. The van der Waals surface area contributed by atoms with Crippen LogP contribution in [-0.2, 0) is 52.1 Å². The Morgan fingerprint density at radius 3 is 1.73 bits per heavy atom. The van der Waals surface area contributed by atoms with Gasteiger partial charge in [-0.05, 0) is 104 Å². The van der Waals surface area contributed by atoms with E-state index in [1.165, 1.54) is 5.57 Å². The topological polar surface area (TPSA) is 445 Å². The number of hydrogen-bond donors (Lipinski definition) is 17. The monoisotopic (exact) mass is 1210 g/mol. The average molecular weight is 1210 g/mol. The summed E-state index contributed by atoms with van der Waals surface area (Å²) in [6.45, 7) is 5.44. The lowest BCUT2D eigenvalue weighted by atomic mass is 9.44. The number of aliphatic hydroxyl groups excluding tert-OH is 17. The summed E-state index contributed by atoms with van der Waals surface area (Å²) in [4.78, 5) is 0. The first-order chi connectivity index (χ1) is 39.9. The largest absolute Gasteiger partial charge is 0.494 e. The molecule has 10 rings (SSSR count). The van der Waals surface area contributed by atoms with Gasteiger partial charge in [-0.1, -0.05) is 20.8 Å². The van der Waals surface area contributed by atoms with E-state index in [0.717, 1.165) is 44.3 Å². The van der Waals surface area contributed by atoms with E-state index < -0.39 is 193 Å². The van der Waals surface area contributed by atoms with E-state index in [-0.39, 0.29) is 41.3 Å². The summed E-state index contributed by atoms with van der Waals surface area (Å²) in [5.41, 5.74) is 1.02. The average Bonchev–Trinajstić information content (AvgIpc) is 2.02. The van der Waals surface area contributed by atoms with Crippen molar-refractivity contribution in [2.75, 3.05) is 39.6 Å². The molecule has 28 nitrogen and oxygen atoms in total. The Kier molecular flexibility index (Phi) is 20.5. The zero-order chi connectivity index (χ0) is 60.6. The summed E-state index contributed by atoms with van der Waals surface area (Å²) in [6, 6.07) is 0. The fourth-order valence-corrected chi connectivity index (χ4v) is 16.4. The Hall–Kier alpha value is -1.54. The molecule has 0 bridgehead atoms. The van der Waals surface area contributed by atoms with Crippen LogP contribution in [0.4, 0.5) is 0 Å². The number of aliphatic hydroxyl groups is 17. The van der Waals surface area contributed by atoms with Crippen molar-refractivity contribution in [1.29, 1.82) is 0 Å². The third kappa shape index (κ3) is 12.0. The highest BCUT2D eigenvalue weighted by atomic mass is 16.8. The molecule has 10 aliphatic rings. The maximum Gasteiger partial charge on any atom is 0.187 e. The van der Waals surface area contributed by atoms with Crippen LogP contribution in [0.1, 0.15) is 85.5 Å². The number of rotatable bonds is 18. The van der Waals surface area contributed by atoms with Gasteiger partial charge in [-0.15, -0.1) is 0 Å². The van der Waals surface area contributed by atoms with E-state index in [2.05, 4.69) is 20.8 Å². The first-order valence-corrected chi connectivity index (χ1v) is 30.0. The molecular formula is C56H92O28. The second kappa shape index (κ2) is 26.4. The van der Waals surface area contributed by atoms with Crippen LogP contribution in [0.25, 0.3) is 0 Å². The van der Waals surface area contributed by atoms with E-state index in [1.54, 1.807) is 0 Å². The van der Waals surface area contributed by atoms with E-state index in [4.69, 9.17) is 52.1 Å². The first-order valence-electron chi connectivity index (χ1n) is 30.0. The minimum atomic E-state index is -2.03. The highest BCUT2D eigenvalue weighted by Gasteiger charge is 2.66. The summed E-state index contributed by atoms with van der Waals surface area (Å²) >= 11 is 0. The first kappa shape index (κ1) is 65.4. The van der Waals surface area contributed by atoms with Crippen LogP contribution in [-0.4, -0.2) is 292 Å². The third-order valence-corrected chi connectivity index (χ3v) is 21.2. The van der Waals surface area contributed by atoms with Crippen LogP contribution >= 0.6 is 0 Å². The molecule has 0 amide bonds. The molecule has 0 spiro atoms. The fraction of sp³-hybridized carbons (Fsp3) is 0.964. The standard InChI is InChI=1S/C56H92O28/c1-20(18-74-50-43(70)39(66)37(64)31(14-57)78-50)5-8-28-21(2)35-30(76-28)12-25-23-7-6-22-11-29(26(61)13-56(22,4)24(23)9-10-55(25,35)3)77-52-45(72)41(68)47(33(16-59)80-52)83-54-49(84-53-44(71)40(67)38(65)32(15-58)79-53)46(73)48(34(17-60)81-54)82-51-42(69)36(63)27(62)19-75-51/h20,22-27,29-54,57-73H,5-19H2,1-4H3/t20-,22+,23-,24+,25+,26-,27-,29-,30+,31-,32-,33-,34-,35+,36+,37-,38+,39+,40+,41-,42-,43-,44-,45-,46+,47+,48-,49-,50-,51+,52-,53+,54+,55+,56+/m1/s1. The molecule has 6 heterocycles. The maximum atomic E-state index is 12.0. The van der Waals surface area contributed by atoms with Crippen LogP contribution in [0.5, 0.6) is 0 Å². The second-order valence-electron chi connectivity index (χ2n) is 26.2. The number of allylic oxidation sites excluding steroid dienone is 1. The van der Waals surface area contributed by atoms with Crippen molar-refractivity contribution in [2.45, 2.75) is 251 Å². The second-order valence-corrected chi connectivity index (χ2v) is 26.2. The molecule has 84 heavy (non-hydrogen) atoms. The molecule has 9 fully saturated rings. The molecule has 0 unspecified atom stereocenters. The normalized spacial score (nSPS) is 53.6. The van der Waals surface area contributed by atoms with Gasteiger partial charge in [-0.3, -0.25) is 0 Å². The molecule has 28 heteroatoms. The van der Waals surface area contributed by atoms with Crippen molar-refractivity contribution < 1.29 is 139 Å². The fourth-order valence-electron chi connectivity index (χ4n) is 16.4. The highest BCUT2D eigenvalue weighted by Crippen LogP contribution is 2.70. The molecule has 0 radical (unpaired) electrons. The van der Waals surface area contributed by atoms with E-state index in [1.807, 2.05) is 6.92 Å². The Balaban J connectivity index is 0.764. The van der Waals surface area contributed by atoms with Gasteiger partial charge in [-0.2, -0.15) is 0 Å². The minimum Gasteiger partial charge on any atom is -0.494 e. The van der Waals surface area contributed by atoms with Crippen molar-refractivity contribution in [3.05, 3.63) is 11.3 Å². The van der Waals surface area contributed by atoms with Crippen LogP contribution in [0.15, 0.2) is 11.3 Å². The van der Waals surface area contributed by atoms with Gasteiger partial charge >= 0.3 is 0 Å². The molecule has 6 aliphatic heterocycles. The summed E-state index contributed by atoms with van der Waals surface area (Å²) in [7, 11) is 0. The summed E-state index contributed by atoms with van der Waals surface area (Å²) in [5, 5.41) is 182. The van der Waals surface area contributed by atoms with Crippen molar-refractivity contribution in [1.82, 2.24) is 0 Å². The van der Waals surface area contributed by atoms with Gasteiger partial charge in [0.25, 0.3) is 0 Å². The third-order valence-electron chi connectivity index (χ3n) is 21.2. The molecule has 4 aliphatic carbocycles. The van der Waals surface area contributed by atoms with E-state index in [9.17, 15) is 86.8 Å². The van der Waals surface area contributed by atoms with Crippen LogP contribution in [0.2, 0.25) is 0 Å². The zero-order valence-corrected chi connectivity index (χ0v) is 47.8. The SMILES string of the molecule is CC1=C(CC[C@@H](C)CO[C@@H]2O[C@H](CO)[C@@H](O)[C@H](O)[C@H]2O)O[C@H]2C[C@H]3[C@@H]4CC[C@H]5C[C@@H](O[C@@H]6O[C@H](CO)[C@H](O[C@@H]7O[C@H](CO)[C@@H](O[C@@H]8OC[C@@H](O)[C@H](O)[C@H]8O)[C@H](O)[C@H]7O[C@@H]7O[C@H](CO)[C@H](O)[C@H](O)[C@H]7O)[C@H](O)[C@H]6O)[C@H](O)C[C@]5(C)[C@H]4CC[C@]3(C)[C@@H]12. The summed E-state index contributed by atoms with van der Waals surface area (Å²) in [5.74, 6) is 2.51. The summed E-state index contributed by atoms with van der Waals surface area (Å²) < 4.78 is 65.5. The van der Waals surface area contributed by atoms with Crippen molar-refractivity contribution in [3.8, 4) is 0 Å². The molecule has 0 aromatic heterocycles. The van der Waals surface area contributed by atoms with Crippen LogP contribution in [0, 0.1) is 46.3 Å². The Morgan fingerprint density at radius 1 is 0.524 bits per heavy atom. The lowest BCUT2D eigenvalue weighted by Crippen LogP contribution is -2.68. The maximum absolute atomic E-state index is 12.0. The highest BCUT2D eigenvalue weighted by molar-refractivity contribution is 5.27. The van der Waals surface area contributed by atoms with Crippen molar-refractivity contribution in [2.24, 2.45) is 46.3 Å². The predicted molar refractivity (Wildman–Crippen MR) is 278 cm³/mol. The number of hydrogen-bond acceptors (Lipinski definition) is 28. The molecule has 17 N–H and O–H groups in total. The zero-order valence-electron chi connectivity index (χ0n) is 47.8. The lowest BCUT2D eigenvalue weighted by Gasteiger charge is -2.61. The molecule has 0 aromatic rings. The molecule has 35 atom stereocenters. The minimum absolute atomic E-state index is 0.00200. The number of fused-ring (bicyclic) bond motifs is 7. The van der Waals surface area contributed by atoms with E-state index in [0.29, 0.717) is 37.0 Å². The molecule has 484 valence electrons. The molecule has 4 saturated carbocycles. The van der Waals surface area contributed by atoms with Gasteiger partial charge in [0.05, 0.1) is 57.6 Å². The number of ether oxygens (including phenoxy) is 11. The summed E-state index contributed by atoms with van der Waals surface area (Å²) in [6.07, 6.45) is -35.4. The quantitative estimate of drug-likeness (QED) is 0.0569. The van der Waals surface area contributed by atoms with Crippen LogP contribution < -0.4 is 0 Å². The van der Waals surface area contributed by atoms with Gasteiger partial charge < -0.3 is 139 Å². The Morgan fingerprint density at radius 2 is 1.07 bits per heavy atom. The van der Waals surface area contributed by atoms with Gasteiger partial charge in [0, 0.05) is 12.3 Å². The van der Waals surface area contributed by atoms with Crippen molar-refractivity contribution in [3.63, 3.8) is 0 Å². The molecule has 0 aromatic carbocycles. The molecular weight excluding hydrogens is 1120 g/mol. The Labute approximate surface area is 486 Å². The van der Waals surface area contributed by atoms with Crippen molar-refractivity contribution >= 4 is 0 Å². The van der Waals surface area contributed by atoms with E-state index >= 15 is 0 Å². The molecule has 5 saturated heterocycles. The van der Waals surface area contributed by atoms with Gasteiger partial charge in [-0.25, -0.2) is 0 Å². The van der Waals surface area contributed by atoms with Crippen LogP contribution in [0.3, 0.4) is 0 Å². The Bertz CT molecular complexity index is 2200. The van der Waals surface area contributed by atoms with Gasteiger partial charge in [0.15, 0.2) is 31.5 Å². The van der Waals surface area contributed by atoms with Gasteiger partial charge in [0.2, 0.25) is 0 Å². The predicted octanol–water partition coefficient (Wildman–Crippen LogP) is -5.57.